The first-order valence-electron chi connectivity index (χ1n) is 9.44. The molecule has 3 nitrogen and oxygen atoms in total. The van der Waals surface area contributed by atoms with Crippen LogP contribution in [0.1, 0.15) is 71.0 Å². The lowest BCUT2D eigenvalue weighted by molar-refractivity contribution is -0.0399. The molecule has 4 rings (SSSR count). The zero-order valence-electron chi connectivity index (χ0n) is 14.6. The lowest BCUT2D eigenvalue weighted by Crippen LogP contribution is -2.40. The molecule has 1 aromatic rings. The van der Waals surface area contributed by atoms with E-state index in [2.05, 4.69) is 17.6 Å². The number of rotatable bonds is 6. The molecule has 2 N–H and O–H groups in total. The number of alkyl halides is 2. The van der Waals surface area contributed by atoms with Gasteiger partial charge in [0.2, 0.25) is 5.92 Å². The summed E-state index contributed by atoms with van der Waals surface area (Å²) < 4.78 is 26.5. The van der Waals surface area contributed by atoms with E-state index < -0.39 is 5.92 Å². The van der Waals surface area contributed by atoms with E-state index in [1.807, 2.05) is 6.07 Å². The van der Waals surface area contributed by atoms with Crippen LogP contribution in [0.15, 0.2) is 6.07 Å². The molecular weight excluding hydrogens is 342 g/mol. The molecule has 3 aliphatic rings. The monoisotopic (exact) mass is 368 g/mol. The van der Waals surface area contributed by atoms with Crippen molar-refractivity contribution >= 4 is 17.2 Å². The Morgan fingerprint density at radius 2 is 2.00 bits per heavy atom. The fourth-order valence-corrected chi connectivity index (χ4v) is 4.82. The van der Waals surface area contributed by atoms with E-state index in [0.717, 1.165) is 23.8 Å². The van der Waals surface area contributed by atoms with Gasteiger partial charge in [0, 0.05) is 35.7 Å². The van der Waals surface area contributed by atoms with Gasteiger partial charge in [-0.05, 0) is 63.1 Å². The number of halogens is 2. The normalized spacial score (nSPS) is 28.8. The molecule has 0 radical (unpaired) electrons. The minimum absolute atomic E-state index is 0.0993. The van der Waals surface area contributed by atoms with Crippen LogP contribution in [0.3, 0.4) is 0 Å². The second-order valence-corrected chi connectivity index (χ2v) is 9.28. The maximum Gasteiger partial charge on any atom is 0.261 e. The molecule has 3 saturated carbocycles. The second-order valence-electron chi connectivity index (χ2n) is 8.03. The average molecular weight is 368 g/mol. The predicted octanol–water partition coefficient (Wildman–Crippen LogP) is 4.22. The highest BCUT2D eigenvalue weighted by molar-refractivity contribution is 7.14. The van der Waals surface area contributed by atoms with Crippen molar-refractivity contribution in [3.8, 4) is 0 Å². The largest absolute Gasteiger partial charge is 0.349 e. The summed E-state index contributed by atoms with van der Waals surface area (Å²) in [5.74, 6) is -1.24. The summed E-state index contributed by atoms with van der Waals surface area (Å²) >= 11 is 1.53. The zero-order valence-corrected chi connectivity index (χ0v) is 15.4. The van der Waals surface area contributed by atoms with Crippen LogP contribution in [0, 0.1) is 12.8 Å². The van der Waals surface area contributed by atoms with Crippen molar-refractivity contribution in [1.29, 1.82) is 0 Å². The van der Waals surface area contributed by atoms with Crippen molar-refractivity contribution in [3.63, 3.8) is 0 Å². The summed E-state index contributed by atoms with van der Waals surface area (Å²) in [6.07, 6.45) is 4.37. The minimum atomic E-state index is -2.55. The quantitative estimate of drug-likeness (QED) is 0.789. The van der Waals surface area contributed by atoms with E-state index >= 15 is 0 Å². The van der Waals surface area contributed by atoms with E-state index in [1.165, 1.54) is 34.6 Å². The van der Waals surface area contributed by atoms with Crippen molar-refractivity contribution in [1.82, 2.24) is 10.6 Å². The standard InChI is InChI=1S/C19H26F2N2OS/c1-11-14(15-8-16(15)22-10-12-2-3-12)9-17(25-11)18(24)23-13-4-6-19(20,21)7-5-13/h9,12-13,15-16,22H,2-8,10H2,1H3,(H,23,24)/t15-,16+/m0/s1. The van der Waals surface area contributed by atoms with Crippen molar-refractivity contribution in [2.45, 2.75) is 75.8 Å². The zero-order chi connectivity index (χ0) is 17.6. The Morgan fingerprint density at radius 3 is 2.68 bits per heavy atom. The number of aryl methyl sites for hydroxylation is 1. The molecule has 138 valence electrons. The van der Waals surface area contributed by atoms with Crippen LogP contribution in [0.5, 0.6) is 0 Å². The maximum atomic E-state index is 13.2. The van der Waals surface area contributed by atoms with Crippen molar-refractivity contribution in [2.24, 2.45) is 5.92 Å². The summed E-state index contributed by atoms with van der Waals surface area (Å²) in [4.78, 5) is 14.4. The summed E-state index contributed by atoms with van der Waals surface area (Å²) in [7, 11) is 0. The Kier molecular flexibility index (Phi) is 4.61. The lowest BCUT2D eigenvalue weighted by atomic mass is 9.92. The number of amides is 1. The van der Waals surface area contributed by atoms with Gasteiger partial charge < -0.3 is 10.6 Å². The van der Waals surface area contributed by atoms with Crippen LogP contribution in [0.25, 0.3) is 0 Å². The first-order chi connectivity index (χ1) is 11.9. The van der Waals surface area contributed by atoms with E-state index in [0.29, 0.717) is 24.8 Å². The lowest BCUT2D eigenvalue weighted by Gasteiger charge is -2.28. The van der Waals surface area contributed by atoms with E-state index in [-0.39, 0.29) is 24.8 Å². The Bertz CT molecular complexity index is 646. The van der Waals surface area contributed by atoms with Gasteiger partial charge in [-0.25, -0.2) is 8.78 Å². The maximum absolute atomic E-state index is 13.2. The molecule has 0 spiro atoms. The van der Waals surface area contributed by atoms with Crippen molar-refractivity contribution in [2.75, 3.05) is 6.54 Å². The van der Waals surface area contributed by atoms with Gasteiger partial charge in [-0.2, -0.15) is 0 Å². The molecule has 2 atom stereocenters. The van der Waals surface area contributed by atoms with Gasteiger partial charge in [0.05, 0.1) is 4.88 Å². The molecule has 1 aromatic heterocycles. The van der Waals surface area contributed by atoms with E-state index in [4.69, 9.17) is 0 Å². The summed E-state index contributed by atoms with van der Waals surface area (Å²) in [5, 5.41) is 6.59. The summed E-state index contributed by atoms with van der Waals surface area (Å²) in [6.45, 7) is 3.21. The van der Waals surface area contributed by atoms with Crippen LogP contribution in [0.2, 0.25) is 0 Å². The highest BCUT2D eigenvalue weighted by Crippen LogP contribution is 2.45. The van der Waals surface area contributed by atoms with Crippen molar-refractivity contribution < 1.29 is 13.6 Å². The fraction of sp³-hybridized carbons (Fsp3) is 0.737. The number of carbonyl (C=O) groups excluding carboxylic acids is 1. The van der Waals surface area contributed by atoms with Gasteiger partial charge in [0.25, 0.3) is 5.91 Å². The first-order valence-corrected chi connectivity index (χ1v) is 10.3. The fourth-order valence-electron chi connectivity index (χ4n) is 3.82. The summed E-state index contributed by atoms with van der Waals surface area (Å²) in [5.41, 5.74) is 1.29. The SMILES string of the molecule is Cc1sc(C(=O)NC2CCC(F)(F)CC2)cc1[C@@H]1C[C@H]1NCC1CC1. The molecule has 3 fully saturated rings. The molecule has 1 amide bonds. The molecule has 3 aliphatic carbocycles. The molecule has 6 heteroatoms. The molecular formula is C19H26F2N2OS. The second kappa shape index (κ2) is 6.62. The Morgan fingerprint density at radius 1 is 1.28 bits per heavy atom. The third kappa shape index (κ3) is 4.22. The number of nitrogens with one attached hydrogen (secondary N) is 2. The third-order valence-corrected chi connectivity index (χ3v) is 6.85. The molecule has 0 bridgehead atoms. The Balaban J connectivity index is 1.31. The topological polar surface area (TPSA) is 41.1 Å². The minimum Gasteiger partial charge on any atom is -0.349 e. The van der Waals surface area contributed by atoms with E-state index in [1.54, 1.807) is 0 Å². The Hall–Kier alpha value is -1.01. The molecule has 0 aromatic carbocycles. The van der Waals surface area contributed by atoms with Gasteiger partial charge in [0.1, 0.15) is 0 Å². The van der Waals surface area contributed by atoms with E-state index in [9.17, 15) is 13.6 Å². The number of thiophene rings is 1. The molecule has 0 aliphatic heterocycles. The van der Waals surface area contributed by atoms with Crippen LogP contribution in [-0.2, 0) is 0 Å². The highest BCUT2D eigenvalue weighted by Gasteiger charge is 2.41. The van der Waals surface area contributed by atoms with Crippen LogP contribution in [0.4, 0.5) is 8.78 Å². The highest BCUT2D eigenvalue weighted by atomic mass is 32.1. The molecule has 25 heavy (non-hydrogen) atoms. The van der Waals surface area contributed by atoms with Crippen LogP contribution >= 0.6 is 11.3 Å². The Labute approximate surface area is 151 Å². The van der Waals surface area contributed by atoms with Crippen LogP contribution < -0.4 is 10.6 Å². The smallest absolute Gasteiger partial charge is 0.261 e. The van der Waals surface area contributed by atoms with Gasteiger partial charge in [-0.3, -0.25) is 4.79 Å². The van der Waals surface area contributed by atoms with Crippen molar-refractivity contribution in [3.05, 3.63) is 21.4 Å². The van der Waals surface area contributed by atoms with Gasteiger partial charge >= 0.3 is 0 Å². The molecule has 0 saturated heterocycles. The number of carbonyl (C=O) groups is 1. The average Bonchev–Trinajstić information content (AvgIpc) is 3.47. The van der Waals surface area contributed by atoms with Gasteiger partial charge in [0.15, 0.2) is 0 Å². The first kappa shape index (κ1) is 17.4. The predicted molar refractivity (Wildman–Crippen MR) is 95.6 cm³/mol. The molecule has 1 heterocycles. The molecule has 0 unspecified atom stereocenters. The van der Waals surface area contributed by atoms with Crippen LogP contribution in [-0.4, -0.2) is 30.5 Å². The van der Waals surface area contributed by atoms with Gasteiger partial charge in [-0.1, -0.05) is 0 Å². The number of hydrogen-bond donors (Lipinski definition) is 2. The summed E-state index contributed by atoms with van der Waals surface area (Å²) in [6, 6.07) is 2.47. The number of hydrogen-bond acceptors (Lipinski definition) is 3. The van der Waals surface area contributed by atoms with Gasteiger partial charge in [-0.15, -0.1) is 11.3 Å². The third-order valence-electron chi connectivity index (χ3n) is 5.79.